The highest BCUT2D eigenvalue weighted by Crippen LogP contribution is 2.02. The zero-order valence-electron chi connectivity index (χ0n) is 10.3. The number of nitrogens with zero attached hydrogens (tertiary/aromatic N) is 2. The van der Waals surface area contributed by atoms with Crippen LogP contribution in [-0.2, 0) is 19.2 Å². The molecule has 7 heteroatoms. The maximum absolute atomic E-state index is 11.3. The average molecular weight is 255 g/mol. The standard InChI is InChI=1S/C11H17N3O4/c1-3-11(17)18-14(9(2)16)7-6-13-5-4-12-10(13)8-15/h3,8,10,12H,1,4-7H2,2H3. The fourth-order valence-electron chi connectivity index (χ4n) is 1.64. The molecule has 1 rings (SSSR count). The Morgan fingerprint density at radius 2 is 2.33 bits per heavy atom. The number of carbonyl (C=O) groups excluding carboxylic acids is 3. The van der Waals surface area contributed by atoms with E-state index in [-0.39, 0.29) is 18.6 Å². The lowest BCUT2D eigenvalue weighted by Gasteiger charge is -2.24. The van der Waals surface area contributed by atoms with Crippen molar-refractivity contribution in [2.24, 2.45) is 0 Å². The lowest BCUT2D eigenvalue weighted by atomic mass is 10.4. The fraction of sp³-hybridized carbons (Fsp3) is 0.545. The van der Waals surface area contributed by atoms with Gasteiger partial charge in [-0.25, -0.2) is 4.79 Å². The summed E-state index contributed by atoms with van der Waals surface area (Å²) in [6.07, 6.45) is 1.46. The van der Waals surface area contributed by atoms with Crippen LogP contribution in [0.15, 0.2) is 12.7 Å². The minimum atomic E-state index is -0.684. The second-order valence-electron chi connectivity index (χ2n) is 3.81. The normalized spacial score (nSPS) is 19.3. The van der Waals surface area contributed by atoms with Crippen LogP contribution in [0.25, 0.3) is 0 Å². The van der Waals surface area contributed by atoms with Gasteiger partial charge in [-0.3, -0.25) is 15.0 Å². The summed E-state index contributed by atoms with van der Waals surface area (Å²) >= 11 is 0. The summed E-state index contributed by atoms with van der Waals surface area (Å²) in [5, 5.41) is 3.95. The molecule has 7 nitrogen and oxygen atoms in total. The van der Waals surface area contributed by atoms with Crippen molar-refractivity contribution in [3.05, 3.63) is 12.7 Å². The van der Waals surface area contributed by atoms with Crippen LogP contribution in [0.2, 0.25) is 0 Å². The molecule has 0 radical (unpaired) electrons. The number of hydrogen-bond donors (Lipinski definition) is 1. The van der Waals surface area contributed by atoms with Crippen molar-refractivity contribution in [2.75, 3.05) is 26.2 Å². The molecule has 0 bridgehead atoms. The lowest BCUT2D eigenvalue weighted by molar-refractivity contribution is -0.193. The van der Waals surface area contributed by atoms with Crippen molar-refractivity contribution in [1.82, 2.24) is 15.3 Å². The van der Waals surface area contributed by atoms with Crippen molar-refractivity contribution in [2.45, 2.75) is 13.1 Å². The first-order chi connectivity index (χ1) is 8.58. The third kappa shape index (κ3) is 3.94. The molecule has 0 saturated carbocycles. The Morgan fingerprint density at radius 1 is 1.61 bits per heavy atom. The minimum absolute atomic E-state index is 0.209. The summed E-state index contributed by atoms with van der Waals surface area (Å²) in [7, 11) is 0. The molecule has 1 N–H and O–H groups in total. The summed E-state index contributed by atoms with van der Waals surface area (Å²) in [4.78, 5) is 39.7. The molecule has 1 unspecified atom stereocenters. The van der Waals surface area contributed by atoms with Gasteiger partial charge in [0.2, 0.25) is 0 Å². The maximum atomic E-state index is 11.3. The van der Waals surface area contributed by atoms with Gasteiger partial charge in [0.05, 0.1) is 6.54 Å². The lowest BCUT2D eigenvalue weighted by Crippen LogP contribution is -2.43. The molecule has 100 valence electrons. The first-order valence-corrected chi connectivity index (χ1v) is 5.63. The van der Waals surface area contributed by atoms with Crippen molar-refractivity contribution >= 4 is 18.2 Å². The van der Waals surface area contributed by atoms with Gasteiger partial charge in [-0.05, 0) is 0 Å². The van der Waals surface area contributed by atoms with E-state index in [9.17, 15) is 14.4 Å². The number of nitrogens with one attached hydrogen (secondary N) is 1. The van der Waals surface area contributed by atoms with Crippen LogP contribution >= 0.6 is 0 Å². The highest BCUT2D eigenvalue weighted by atomic mass is 16.7. The summed E-state index contributed by atoms with van der Waals surface area (Å²) < 4.78 is 0. The number of hydroxylamine groups is 2. The van der Waals surface area contributed by atoms with Crippen molar-refractivity contribution in [3.63, 3.8) is 0 Å². The number of aldehydes is 1. The van der Waals surface area contributed by atoms with Gasteiger partial charge in [-0.2, -0.15) is 5.06 Å². The van der Waals surface area contributed by atoms with E-state index < -0.39 is 5.97 Å². The molecule has 1 aliphatic heterocycles. The van der Waals surface area contributed by atoms with Crippen LogP contribution < -0.4 is 5.32 Å². The number of amides is 1. The molecule has 1 saturated heterocycles. The molecular weight excluding hydrogens is 238 g/mol. The fourth-order valence-corrected chi connectivity index (χ4v) is 1.64. The topological polar surface area (TPSA) is 79.0 Å². The monoisotopic (exact) mass is 255 g/mol. The van der Waals surface area contributed by atoms with E-state index in [1.165, 1.54) is 6.92 Å². The van der Waals surface area contributed by atoms with Crippen molar-refractivity contribution in [3.8, 4) is 0 Å². The second-order valence-corrected chi connectivity index (χ2v) is 3.81. The van der Waals surface area contributed by atoms with Crippen molar-refractivity contribution < 1.29 is 19.2 Å². The van der Waals surface area contributed by atoms with Crippen LogP contribution in [0.5, 0.6) is 0 Å². The van der Waals surface area contributed by atoms with Crippen LogP contribution in [0.3, 0.4) is 0 Å². The molecule has 1 atom stereocenters. The predicted molar refractivity (Wildman–Crippen MR) is 63.1 cm³/mol. The van der Waals surface area contributed by atoms with E-state index in [0.717, 1.165) is 24.0 Å². The molecule has 18 heavy (non-hydrogen) atoms. The van der Waals surface area contributed by atoms with Gasteiger partial charge < -0.3 is 9.63 Å². The summed E-state index contributed by atoms with van der Waals surface area (Å²) in [5.74, 6) is -1.06. The van der Waals surface area contributed by atoms with Crippen LogP contribution in [0.4, 0.5) is 0 Å². The smallest absolute Gasteiger partial charge is 0.333 e. The largest absolute Gasteiger partial charge is 0.355 e. The molecular formula is C11H17N3O4. The Balaban J connectivity index is 2.46. The van der Waals surface area contributed by atoms with Gasteiger partial charge in [0.25, 0.3) is 5.91 Å². The molecule has 0 aliphatic carbocycles. The summed E-state index contributed by atoms with van der Waals surface area (Å²) in [6.45, 7) is 6.64. The molecule has 1 aliphatic rings. The predicted octanol–water partition coefficient (Wildman–Crippen LogP) is -1.09. The SMILES string of the molecule is C=CC(=O)ON(CCN1CCNC1C=O)C(C)=O. The molecule has 0 spiro atoms. The minimum Gasteiger partial charge on any atom is -0.333 e. The third-order valence-corrected chi connectivity index (χ3v) is 2.58. The Hall–Kier alpha value is -1.73. The first kappa shape index (κ1) is 14.3. The Morgan fingerprint density at radius 3 is 2.89 bits per heavy atom. The number of carbonyl (C=O) groups is 3. The van der Waals surface area contributed by atoms with E-state index in [4.69, 9.17) is 4.84 Å². The number of hydrogen-bond acceptors (Lipinski definition) is 6. The van der Waals surface area contributed by atoms with Crippen molar-refractivity contribution in [1.29, 1.82) is 0 Å². The van der Waals surface area contributed by atoms with Gasteiger partial charge in [0, 0.05) is 32.6 Å². The van der Waals surface area contributed by atoms with Crippen LogP contribution in [0.1, 0.15) is 6.92 Å². The number of rotatable bonds is 5. The zero-order valence-corrected chi connectivity index (χ0v) is 10.3. The Labute approximate surface area is 105 Å². The van der Waals surface area contributed by atoms with E-state index in [1.54, 1.807) is 0 Å². The van der Waals surface area contributed by atoms with E-state index >= 15 is 0 Å². The molecule has 1 heterocycles. The molecule has 1 amide bonds. The molecule has 0 aromatic heterocycles. The van der Waals surface area contributed by atoms with Crippen LogP contribution in [-0.4, -0.2) is 60.5 Å². The molecule has 1 fully saturated rings. The highest BCUT2D eigenvalue weighted by molar-refractivity contribution is 5.83. The first-order valence-electron chi connectivity index (χ1n) is 5.63. The quantitative estimate of drug-likeness (QED) is 0.382. The van der Waals surface area contributed by atoms with E-state index in [1.807, 2.05) is 4.90 Å². The van der Waals surface area contributed by atoms with Gasteiger partial charge in [-0.15, -0.1) is 0 Å². The average Bonchev–Trinajstić information content (AvgIpc) is 2.80. The van der Waals surface area contributed by atoms with Gasteiger partial charge in [0.1, 0.15) is 6.17 Å². The van der Waals surface area contributed by atoms with Gasteiger partial charge in [0.15, 0.2) is 6.29 Å². The van der Waals surface area contributed by atoms with E-state index in [0.29, 0.717) is 13.1 Å². The second kappa shape index (κ2) is 6.87. The third-order valence-electron chi connectivity index (χ3n) is 2.58. The zero-order chi connectivity index (χ0) is 13.5. The highest BCUT2D eigenvalue weighted by Gasteiger charge is 2.24. The van der Waals surface area contributed by atoms with Gasteiger partial charge >= 0.3 is 5.97 Å². The summed E-state index contributed by atoms with van der Waals surface area (Å²) in [5.41, 5.74) is 0. The Kier molecular flexibility index (Phi) is 5.47. The van der Waals surface area contributed by atoms with E-state index in [2.05, 4.69) is 11.9 Å². The van der Waals surface area contributed by atoms with Gasteiger partial charge in [-0.1, -0.05) is 6.58 Å². The molecule has 0 aromatic carbocycles. The molecule has 0 aromatic rings. The van der Waals surface area contributed by atoms with Crippen LogP contribution in [0, 0.1) is 0 Å². The maximum Gasteiger partial charge on any atom is 0.355 e. The summed E-state index contributed by atoms with van der Waals surface area (Å²) in [6, 6.07) is 0. The Bertz CT molecular complexity index is 345.